The van der Waals surface area contributed by atoms with Gasteiger partial charge < -0.3 is 0 Å². The molecule has 0 nitrogen and oxygen atoms in total. The van der Waals surface area contributed by atoms with Crippen LogP contribution in [0.15, 0.2) is 0 Å². The van der Waals surface area contributed by atoms with Crippen LogP contribution in [0.25, 0.3) is 0 Å². The second kappa shape index (κ2) is 4.22. The van der Waals surface area contributed by atoms with Crippen molar-refractivity contribution in [1.29, 1.82) is 0 Å². The molecule has 0 rings (SSSR count). The van der Waals surface area contributed by atoms with Crippen molar-refractivity contribution in [3.8, 4) is 0 Å². The van der Waals surface area contributed by atoms with Gasteiger partial charge in [-0.25, -0.2) is 0 Å². The minimum atomic E-state index is -1.42. The van der Waals surface area contributed by atoms with E-state index in [9.17, 15) is 0 Å². The van der Waals surface area contributed by atoms with Gasteiger partial charge in [-0.05, 0) is 0 Å². The molecule has 0 N–H and O–H groups in total. The summed E-state index contributed by atoms with van der Waals surface area (Å²) >= 11 is -1.42. The Kier molecular flexibility index (Phi) is 4.95. The van der Waals surface area contributed by atoms with Crippen LogP contribution >= 0.6 is 8.95 Å². The van der Waals surface area contributed by atoms with E-state index in [4.69, 9.17) is 0 Å². The molecule has 0 saturated carbocycles. The van der Waals surface area contributed by atoms with Gasteiger partial charge >= 0.3 is 62.8 Å². The maximum atomic E-state index is 3.46. The van der Waals surface area contributed by atoms with Crippen LogP contribution in [0.2, 0.25) is 20.9 Å². The Morgan fingerprint density at radius 3 is 2.00 bits per heavy atom. The first-order chi connectivity index (χ1) is 3.56. The molecule has 0 amide bonds. The minimum absolute atomic E-state index is 1.15. The van der Waals surface area contributed by atoms with Gasteiger partial charge in [0.2, 0.25) is 0 Å². The Labute approximate surface area is 62.6 Å². The molecule has 3 heteroatoms. The van der Waals surface area contributed by atoms with Crippen LogP contribution in [0.5, 0.6) is 0 Å². The Hall–Kier alpha value is 1.37. The van der Waals surface area contributed by atoms with Gasteiger partial charge in [0.05, 0.1) is 0 Å². The third-order valence-corrected chi connectivity index (χ3v) is 11.7. The van der Waals surface area contributed by atoms with Crippen molar-refractivity contribution in [2.24, 2.45) is 0 Å². The van der Waals surface area contributed by atoms with E-state index >= 15 is 0 Å². The summed E-state index contributed by atoms with van der Waals surface area (Å²) in [5.74, 6) is 1.30. The third-order valence-electron chi connectivity index (χ3n) is 0.637. The van der Waals surface area contributed by atoms with Crippen molar-refractivity contribution >= 4 is 36.2 Å². The van der Waals surface area contributed by atoms with E-state index in [0.717, 1.165) is 6.04 Å². The summed E-state index contributed by atoms with van der Waals surface area (Å²) in [5.41, 5.74) is 0. The zero-order valence-corrected chi connectivity index (χ0v) is 10.5. The normalized spacial score (nSPS) is 12.0. The van der Waals surface area contributed by atoms with Gasteiger partial charge in [-0.3, -0.25) is 0 Å². The molecule has 0 aliphatic heterocycles. The molecule has 0 atom stereocenters. The molecule has 0 aromatic rings. The molecular weight excluding hydrogens is 239 g/mol. The van der Waals surface area contributed by atoms with E-state index in [2.05, 4.69) is 34.0 Å². The quantitative estimate of drug-likeness (QED) is 0.693. The fraction of sp³-hybridized carbons (Fsp3) is 1.00. The van der Waals surface area contributed by atoms with E-state index in [-0.39, 0.29) is 0 Å². The molecule has 0 aromatic heterocycles. The van der Waals surface area contributed by atoms with Crippen molar-refractivity contribution in [1.82, 2.24) is 0 Å². The van der Waals surface area contributed by atoms with Crippen LogP contribution in [0.4, 0.5) is 0 Å². The fourth-order valence-electron chi connectivity index (χ4n) is 0.357. The average molecular weight is 252 g/mol. The Morgan fingerprint density at radius 2 is 1.88 bits per heavy atom. The zero-order chi connectivity index (χ0) is 6.62. The van der Waals surface area contributed by atoms with Gasteiger partial charge in [-0.2, -0.15) is 0 Å². The van der Waals surface area contributed by atoms with Crippen LogP contribution in [0.3, 0.4) is 0 Å². The SMILES string of the molecule is [CH3][Sn]([CH3])([CH3])[S]CC[Si]. The van der Waals surface area contributed by atoms with Crippen LogP contribution < -0.4 is 0 Å². The molecule has 0 heterocycles. The van der Waals surface area contributed by atoms with Gasteiger partial charge in [-0.15, -0.1) is 0 Å². The fourth-order valence-corrected chi connectivity index (χ4v) is 9.24. The Balaban J connectivity index is 3.11. The van der Waals surface area contributed by atoms with Gasteiger partial charge in [0.1, 0.15) is 0 Å². The number of hydrogen-bond donors (Lipinski definition) is 0. The second-order valence-electron chi connectivity index (χ2n) is 2.71. The van der Waals surface area contributed by atoms with Gasteiger partial charge in [0.15, 0.2) is 0 Å². The predicted molar refractivity (Wildman–Crippen MR) is 46.4 cm³/mol. The Morgan fingerprint density at radius 1 is 1.38 bits per heavy atom. The van der Waals surface area contributed by atoms with Crippen molar-refractivity contribution in [3.63, 3.8) is 0 Å². The average Bonchev–Trinajstić information content (AvgIpc) is 1.59. The maximum absolute atomic E-state index is 3.46. The van der Waals surface area contributed by atoms with Crippen molar-refractivity contribution < 1.29 is 0 Å². The number of rotatable bonds is 3. The first kappa shape index (κ1) is 9.37. The van der Waals surface area contributed by atoms with Gasteiger partial charge in [0.25, 0.3) is 0 Å². The first-order valence-corrected chi connectivity index (χ1v) is 16.6. The molecule has 0 fully saturated rings. The molecule has 0 aliphatic rings. The third kappa shape index (κ3) is 7.37. The molecule has 47 valence electrons. The van der Waals surface area contributed by atoms with Crippen molar-refractivity contribution in [2.45, 2.75) is 20.9 Å². The summed E-state index contributed by atoms with van der Waals surface area (Å²) in [5, 5.41) is 0. The summed E-state index contributed by atoms with van der Waals surface area (Å²) < 4.78 is 0. The molecule has 8 heavy (non-hydrogen) atoms. The standard InChI is InChI=1S/C2H5SSi.3CH3.Sn/c3-1-2-4;;;;/h3H,1-2H2;3*1H3;/q;;;;+1/p-1. The van der Waals surface area contributed by atoms with Crippen LogP contribution in [-0.2, 0) is 0 Å². The van der Waals surface area contributed by atoms with Crippen LogP contribution in [-0.4, -0.2) is 33.0 Å². The second-order valence-corrected chi connectivity index (χ2v) is 26.7. The topological polar surface area (TPSA) is 0 Å². The molecule has 0 saturated heterocycles. The van der Waals surface area contributed by atoms with Crippen molar-refractivity contribution in [3.05, 3.63) is 0 Å². The van der Waals surface area contributed by atoms with E-state index in [1.54, 1.807) is 0 Å². The zero-order valence-electron chi connectivity index (χ0n) is 5.82. The molecule has 0 aromatic carbocycles. The van der Waals surface area contributed by atoms with E-state index in [0.29, 0.717) is 0 Å². The van der Waals surface area contributed by atoms with E-state index in [1.165, 1.54) is 5.75 Å². The van der Waals surface area contributed by atoms with E-state index in [1.807, 2.05) is 0 Å². The number of hydrogen-bond acceptors (Lipinski definition) is 1. The molecule has 0 aliphatic carbocycles. The van der Waals surface area contributed by atoms with E-state index < -0.39 is 17.0 Å². The van der Waals surface area contributed by atoms with Crippen molar-refractivity contribution in [2.75, 3.05) is 5.75 Å². The molecule has 0 spiro atoms. The molecule has 0 unspecified atom stereocenters. The predicted octanol–water partition coefficient (Wildman–Crippen LogP) is 2.14. The molecule has 3 radical (unpaired) electrons. The molecule has 0 bridgehead atoms. The summed E-state index contributed by atoms with van der Waals surface area (Å²) in [6.07, 6.45) is 0. The Bertz CT molecular complexity index is 59.9. The summed E-state index contributed by atoms with van der Waals surface area (Å²) in [7, 11) is 5.65. The summed E-state index contributed by atoms with van der Waals surface area (Å²) in [4.78, 5) is 7.34. The summed E-state index contributed by atoms with van der Waals surface area (Å²) in [6, 6.07) is 1.15. The monoisotopic (exact) mass is 253 g/mol. The molecular formula is C5H13SSiSn. The van der Waals surface area contributed by atoms with Gasteiger partial charge in [-0.1, -0.05) is 0 Å². The van der Waals surface area contributed by atoms with Crippen LogP contribution in [0, 0.1) is 0 Å². The first-order valence-electron chi connectivity index (χ1n) is 2.85. The van der Waals surface area contributed by atoms with Gasteiger partial charge in [0, 0.05) is 0 Å². The summed E-state index contributed by atoms with van der Waals surface area (Å²) in [6.45, 7) is 0. The van der Waals surface area contributed by atoms with Crippen LogP contribution in [0.1, 0.15) is 0 Å².